The summed E-state index contributed by atoms with van der Waals surface area (Å²) in [4.78, 5) is 24.8. The van der Waals surface area contributed by atoms with Gasteiger partial charge < -0.3 is 16.4 Å². The topological polar surface area (TPSA) is 118 Å². The smallest absolute Gasteiger partial charge is 0.330 e. The second kappa shape index (κ2) is 10.3. The maximum atomic E-state index is 13.5. The van der Waals surface area contributed by atoms with Crippen molar-refractivity contribution in [3.8, 4) is 0 Å². The normalized spacial score (nSPS) is 19.9. The minimum Gasteiger partial charge on any atom is -0.330 e. The van der Waals surface area contributed by atoms with Crippen LogP contribution < -0.4 is 16.4 Å². The van der Waals surface area contributed by atoms with Gasteiger partial charge in [0.25, 0.3) is 5.91 Å². The Labute approximate surface area is 216 Å². The number of halogens is 3. The first-order valence-electron chi connectivity index (χ1n) is 11.3. The molecule has 2 aromatic rings. The van der Waals surface area contributed by atoms with Crippen LogP contribution in [0.5, 0.6) is 0 Å². The van der Waals surface area contributed by atoms with E-state index in [2.05, 4.69) is 10.6 Å². The number of nitrogens with one attached hydrogen (secondary N) is 2. The van der Waals surface area contributed by atoms with Crippen LogP contribution in [0.1, 0.15) is 28.4 Å². The maximum Gasteiger partial charge on any atom is 0.416 e. The highest BCUT2D eigenvalue weighted by Crippen LogP contribution is 2.39. The van der Waals surface area contributed by atoms with Crippen LogP contribution in [-0.2, 0) is 27.2 Å². The Morgan fingerprint density at radius 1 is 1.14 bits per heavy atom. The molecule has 1 aliphatic carbocycles. The first kappa shape index (κ1) is 27.0. The molecule has 37 heavy (non-hydrogen) atoms. The highest BCUT2D eigenvalue weighted by atomic mass is 32.2. The van der Waals surface area contributed by atoms with Crippen LogP contribution in [0.2, 0.25) is 0 Å². The molecule has 196 valence electrons. The van der Waals surface area contributed by atoms with Gasteiger partial charge in [0.05, 0.1) is 21.3 Å². The Kier molecular flexibility index (Phi) is 7.54. The minimum absolute atomic E-state index is 0.0297. The molecule has 7 nitrogen and oxygen atoms in total. The molecule has 0 aromatic heterocycles. The molecule has 0 saturated carbocycles. The summed E-state index contributed by atoms with van der Waals surface area (Å²) in [5, 5.41) is 4.24. The van der Waals surface area contributed by atoms with E-state index in [4.69, 9.17) is 5.73 Å². The summed E-state index contributed by atoms with van der Waals surface area (Å²) in [5.74, 6) is -1.05. The van der Waals surface area contributed by atoms with E-state index in [1.54, 1.807) is 18.2 Å². The number of nitrogens with two attached hydrogens (primary N) is 1. The molecule has 0 spiro atoms. The summed E-state index contributed by atoms with van der Waals surface area (Å²) in [5.41, 5.74) is 5.44. The summed E-state index contributed by atoms with van der Waals surface area (Å²) in [6.07, 6.45) is 0.717. The number of hydrogen-bond acceptors (Lipinski definition) is 6. The fourth-order valence-electron chi connectivity index (χ4n) is 4.33. The number of thioether (sulfide) groups is 1. The van der Waals surface area contributed by atoms with Gasteiger partial charge in [-0.15, -0.1) is 11.8 Å². The lowest BCUT2D eigenvalue weighted by Gasteiger charge is -2.32. The second-order valence-corrected chi connectivity index (χ2v) is 11.9. The SMILES string of the molecule is CC(=O)NC1=CC2C(C=C1)Cc1ccc(NC(=O)c3cc(C(F)(F)F)ccc3SCCN)cc1S2(=O)=O. The van der Waals surface area contributed by atoms with Crippen molar-refractivity contribution >= 4 is 39.1 Å². The Morgan fingerprint density at radius 2 is 1.89 bits per heavy atom. The molecule has 1 heterocycles. The summed E-state index contributed by atoms with van der Waals surface area (Å²) >= 11 is 1.15. The van der Waals surface area contributed by atoms with Crippen molar-refractivity contribution in [2.75, 3.05) is 17.6 Å². The number of alkyl halides is 3. The van der Waals surface area contributed by atoms with Crippen molar-refractivity contribution in [3.05, 3.63) is 77.0 Å². The molecule has 4 rings (SSSR count). The van der Waals surface area contributed by atoms with E-state index < -0.39 is 32.7 Å². The lowest BCUT2D eigenvalue weighted by Crippen LogP contribution is -2.37. The van der Waals surface area contributed by atoms with Crippen LogP contribution >= 0.6 is 11.8 Å². The number of benzene rings is 2. The van der Waals surface area contributed by atoms with E-state index in [-0.39, 0.29) is 34.5 Å². The predicted molar refractivity (Wildman–Crippen MR) is 135 cm³/mol. The molecule has 0 radical (unpaired) electrons. The predicted octanol–water partition coefficient (Wildman–Crippen LogP) is 3.91. The van der Waals surface area contributed by atoms with Gasteiger partial charge in [-0.3, -0.25) is 9.59 Å². The van der Waals surface area contributed by atoms with Crippen LogP contribution in [0.4, 0.5) is 18.9 Å². The van der Waals surface area contributed by atoms with Gasteiger partial charge >= 0.3 is 6.18 Å². The number of carbonyl (C=O) groups excluding carboxylic acids is 2. The number of amides is 2. The fourth-order valence-corrected chi connectivity index (χ4v) is 7.21. The van der Waals surface area contributed by atoms with E-state index in [0.717, 1.165) is 23.9 Å². The van der Waals surface area contributed by atoms with Gasteiger partial charge in [0.15, 0.2) is 9.84 Å². The quantitative estimate of drug-likeness (QED) is 0.469. The molecule has 0 saturated heterocycles. The van der Waals surface area contributed by atoms with Gasteiger partial charge in [0.2, 0.25) is 5.91 Å². The van der Waals surface area contributed by atoms with Crippen LogP contribution in [0.25, 0.3) is 0 Å². The van der Waals surface area contributed by atoms with Crippen LogP contribution in [0.15, 0.2) is 70.1 Å². The summed E-state index contributed by atoms with van der Waals surface area (Å²) in [7, 11) is -3.88. The zero-order valence-electron chi connectivity index (χ0n) is 19.6. The summed E-state index contributed by atoms with van der Waals surface area (Å²) in [6.45, 7) is 1.59. The molecule has 12 heteroatoms. The van der Waals surface area contributed by atoms with Crippen molar-refractivity contribution in [1.29, 1.82) is 0 Å². The molecule has 2 atom stereocenters. The molecule has 4 N–H and O–H groups in total. The minimum atomic E-state index is -4.64. The Balaban J connectivity index is 1.65. The first-order chi connectivity index (χ1) is 17.4. The molecule has 2 amide bonds. The third-order valence-corrected chi connectivity index (χ3v) is 9.28. The van der Waals surface area contributed by atoms with Crippen LogP contribution in [0, 0.1) is 5.92 Å². The largest absolute Gasteiger partial charge is 0.416 e. The number of anilines is 1. The van der Waals surface area contributed by atoms with E-state index in [1.807, 2.05) is 0 Å². The third kappa shape index (κ3) is 5.76. The van der Waals surface area contributed by atoms with Crippen molar-refractivity contribution in [1.82, 2.24) is 5.32 Å². The average Bonchev–Trinajstić information content (AvgIpc) is 2.82. The lowest BCUT2D eigenvalue weighted by molar-refractivity contribution is -0.137. The van der Waals surface area contributed by atoms with Crippen molar-refractivity contribution < 1.29 is 31.2 Å². The number of carbonyl (C=O) groups is 2. The van der Waals surface area contributed by atoms with Crippen molar-refractivity contribution in [3.63, 3.8) is 0 Å². The molecule has 0 bridgehead atoms. The molecule has 2 aliphatic rings. The lowest BCUT2D eigenvalue weighted by atomic mass is 9.91. The van der Waals surface area contributed by atoms with E-state index in [9.17, 15) is 31.2 Å². The molecule has 2 aromatic carbocycles. The zero-order valence-corrected chi connectivity index (χ0v) is 21.3. The highest BCUT2D eigenvalue weighted by molar-refractivity contribution is 7.99. The highest BCUT2D eigenvalue weighted by Gasteiger charge is 2.40. The van der Waals surface area contributed by atoms with E-state index in [1.165, 1.54) is 31.2 Å². The van der Waals surface area contributed by atoms with Crippen molar-refractivity contribution in [2.45, 2.75) is 34.6 Å². The number of sulfone groups is 1. The number of fused-ring (bicyclic) bond motifs is 2. The van der Waals surface area contributed by atoms with Gasteiger partial charge in [-0.1, -0.05) is 12.1 Å². The van der Waals surface area contributed by atoms with Gasteiger partial charge in [0, 0.05) is 41.4 Å². The van der Waals surface area contributed by atoms with Gasteiger partial charge in [-0.2, -0.15) is 13.2 Å². The Hall–Kier alpha value is -3.09. The number of rotatable bonds is 6. The van der Waals surface area contributed by atoms with E-state index in [0.29, 0.717) is 28.3 Å². The third-order valence-electron chi connectivity index (χ3n) is 5.98. The number of allylic oxidation sites excluding steroid dienone is 2. The zero-order chi connectivity index (χ0) is 27.0. The Morgan fingerprint density at radius 3 is 2.57 bits per heavy atom. The average molecular weight is 552 g/mol. The van der Waals surface area contributed by atoms with Gasteiger partial charge in [-0.25, -0.2) is 8.42 Å². The maximum absolute atomic E-state index is 13.5. The molecular formula is C25H24F3N3O4S2. The van der Waals surface area contributed by atoms with Crippen LogP contribution in [-0.4, -0.2) is 37.8 Å². The second-order valence-electron chi connectivity index (χ2n) is 8.66. The van der Waals surface area contributed by atoms with Gasteiger partial charge in [-0.05, 0) is 54.5 Å². The first-order valence-corrected chi connectivity index (χ1v) is 13.8. The molecule has 0 fully saturated rings. The Bertz CT molecular complexity index is 1420. The van der Waals surface area contributed by atoms with Gasteiger partial charge in [0.1, 0.15) is 0 Å². The van der Waals surface area contributed by atoms with Crippen molar-refractivity contribution in [2.24, 2.45) is 11.7 Å². The van der Waals surface area contributed by atoms with E-state index >= 15 is 0 Å². The monoisotopic (exact) mass is 551 g/mol. The summed E-state index contributed by atoms with van der Waals surface area (Å²) < 4.78 is 66.8. The van der Waals surface area contributed by atoms with Crippen LogP contribution in [0.3, 0.4) is 0 Å². The molecule has 1 aliphatic heterocycles. The summed E-state index contributed by atoms with van der Waals surface area (Å²) in [6, 6.07) is 7.35. The standard InChI is InChI=1S/C25H24F3N3O4S2/c1-14(32)30-18-5-2-15-10-16-3-6-19(13-23(16)37(34,35)22(15)12-18)31-24(33)20-11-17(25(26,27)28)4-7-21(20)36-9-8-29/h2-7,11-13,15,22H,8-10,29H2,1H3,(H,30,32)(H,31,33). The fraction of sp³-hybridized carbons (Fsp3) is 0.280. The number of hydrogen-bond donors (Lipinski definition) is 3. The molecule has 2 unspecified atom stereocenters. The molecular weight excluding hydrogens is 527 g/mol.